The second kappa shape index (κ2) is 4.96. The van der Waals surface area contributed by atoms with Crippen LogP contribution in [0.3, 0.4) is 0 Å². The Labute approximate surface area is 117 Å². The first kappa shape index (κ1) is 14.1. The van der Waals surface area contributed by atoms with Crippen LogP contribution >= 0.6 is 0 Å². The Morgan fingerprint density at radius 2 is 1.60 bits per heavy atom. The van der Waals surface area contributed by atoms with Crippen molar-refractivity contribution in [1.82, 2.24) is 0 Å². The number of carbonyl (C=O) groups excluding carboxylic acids is 2. The predicted octanol–water partition coefficient (Wildman–Crippen LogP) is 2.94. The molecule has 0 N–H and O–H groups in total. The smallest absolute Gasteiger partial charge is 0.349 e. The summed E-state index contributed by atoms with van der Waals surface area (Å²) < 4.78 is 10.2. The minimum absolute atomic E-state index is 0.0596. The summed E-state index contributed by atoms with van der Waals surface area (Å²) in [6, 6.07) is 7.35. The highest BCUT2D eigenvalue weighted by Crippen LogP contribution is 2.28. The Balaban J connectivity index is 2.42. The van der Waals surface area contributed by atoms with E-state index in [1.165, 1.54) is 13.8 Å². The van der Waals surface area contributed by atoms with Gasteiger partial charge < -0.3 is 9.47 Å². The molecule has 4 heteroatoms. The second-order valence-corrected chi connectivity index (χ2v) is 5.01. The van der Waals surface area contributed by atoms with Gasteiger partial charge >= 0.3 is 11.9 Å². The third-order valence-corrected chi connectivity index (χ3v) is 3.04. The maximum Gasteiger partial charge on any atom is 0.349 e. The Morgan fingerprint density at radius 3 is 2.05 bits per heavy atom. The lowest BCUT2D eigenvalue weighted by molar-refractivity contribution is -0.222. The van der Waals surface area contributed by atoms with Crippen molar-refractivity contribution in [2.75, 3.05) is 0 Å². The zero-order valence-electron chi connectivity index (χ0n) is 11.7. The van der Waals surface area contributed by atoms with Gasteiger partial charge in [-0.3, -0.25) is 0 Å². The molecule has 0 aliphatic carbocycles. The molecule has 4 nitrogen and oxygen atoms in total. The molecular formula is C16H16O4. The third kappa shape index (κ3) is 2.64. The standard InChI is InChI=1S/C16H16O4/c1-5-11-6-8-12(9-7-11)10(2)13-14(17)19-16(3,4)20-15(13)18/h5-9H,1H2,2-4H3. The SMILES string of the molecule is C=Cc1ccc(C(C)=C2C(=O)OC(C)(C)OC2=O)cc1. The van der Waals surface area contributed by atoms with Crippen molar-refractivity contribution < 1.29 is 19.1 Å². The fourth-order valence-corrected chi connectivity index (χ4v) is 1.97. The Hall–Kier alpha value is -2.36. The van der Waals surface area contributed by atoms with E-state index in [9.17, 15) is 9.59 Å². The summed E-state index contributed by atoms with van der Waals surface area (Å²) in [5.74, 6) is -2.53. The second-order valence-electron chi connectivity index (χ2n) is 5.01. The predicted molar refractivity (Wildman–Crippen MR) is 75.4 cm³/mol. The minimum atomic E-state index is -1.22. The minimum Gasteiger partial charge on any atom is -0.419 e. The summed E-state index contributed by atoms with van der Waals surface area (Å²) in [7, 11) is 0. The van der Waals surface area contributed by atoms with Crippen molar-refractivity contribution in [2.24, 2.45) is 0 Å². The van der Waals surface area contributed by atoms with Crippen LogP contribution < -0.4 is 0 Å². The monoisotopic (exact) mass is 272 g/mol. The highest BCUT2D eigenvalue weighted by molar-refractivity contribution is 6.20. The van der Waals surface area contributed by atoms with Crippen LogP contribution in [0.4, 0.5) is 0 Å². The summed E-state index contributed by atoms with van der Waals surface area (Å²) in [6.07, 6.45) is 1.72. The van der Waals surface area contributed by atoms with E-state index >= 15 is 0 Å². The molecule has 0 spiro atoms. The first-order valence-electron chi connectivity index (χ1n) is 6.24. The molecule has 1 aliphatic rings. The molecule has 1 saturated heterocycles. The number of benzene rings is 1. The number of rotatable bonds is 2. The van der Waals surface area contributed by atoms with Crippen molar-refractivity contribution in [2.45, 2.75) is 26.6 Å². The molecule has 0 bridgehead atoms. The summed E-state index contributed by atoms with van der Waals surface area (Å²) in [5.41, 5.74) is 2.20. The van der Waals surface area contributed by atoms with E-state index in [4.69, 9.17) is 9.47 Å². The number of allylic oxidation sites excluding steroid dienone is 1. The van der Waals surface area contributed by atoms with Crippen LogP contribution in [-0.4, -0.2) is 17.7 Å². The van der Waals surface area contributed by atoms with E-state index in [-0.39, 0.29) is 5.57 Å². The van der Waals surface area contributed by atoms with Gasteiger partial charge in [0.2, 0.25) is 0 Å². The fraction of sp³-hybridized carbons (Fsp3) is 0.250. The van der Waals surface area contributed by atoms with Crippen molar-refractivity contribution in [3.05, 3.63) is 47.5 Å². The number of carbonyl (C=O) groups is 2. The summed E-state index contributed by atoms with van der Waals surface area (Å²) in [4.78, 5) is 23.9. The van der Waals surface area contributed by atoms with Gasteiger partial charge in [-0.15, -0.1) is 0 Å². The van der Waals surface area contributed by atoms with E-state index in [1.807, 2.05) is 24.3 Å². The number of cyclic esters (lactones) is 2. The van der Waals surface area contributed by atoms with Crippen LogP contribution in [-0.2, 0) is 19.1 Å². The van der Waals surface area contributed by atoms with Gasteiger partial charge in [-0.25, -0.2) is 9.59 Å². The van der Waals surface area contributed by atoms with Crippen LogP contribution in [0.15, 0.2) is 36.4 Å². The van der Waals surface area contributed by atoms with Crippen molar-refractivity contribution in [3.8, 4) is 0 Å². The molecule has 1 aromatic carbocycles. The highest BCUT2D eigenvalue weighted by Gasteiger charge is 2.40. The summed E-state index contributed by atoms with van der Waals surface area (Å²) in [6.45, 7) is 8.41. The van der Waals surface area contributed by atoms with Gasteiger partial charge in [0.25, 0.3) is 5.79 Å². The maximum absolute atomic E-state index is 12.0. The molecule has 1 heterocycles. The van der Waals surface area contributed by atoms with Gasteiger partial charge in [0, 0.05) is 13.8 Å². The highest BCUT2D eigenvalue weighted by atomic mass is 16.7. The number of ether oxygens (including phenoxy) is 2. The van der Waals surface area contributed by atoms with Crippen LogP contribution in [0, 0.1) is 0 Å². The molecule has 0 aromatic heterocycles. The van der Waals surface area contributed by atoms with E-state index < -0.39 is 17.7 Å². The third-order valence-electron chi connectivity index (χ3n) is 3.04. The molecule has 0 unspecified atom stereocenters. The Bertz CT molecular complexity index is 584. The molecular weight excluding hydrogens is 256 g/mol. The number of hydrogen-bond donors (Lipinski definition) is 0. The van der Waals surface area contributed by atoms with Crippen LogP contribution in [0.5, 0.6) is 0 Å². The molecule has 0 atom stereocenters. The first-order chi connectivity index (χ1) is 9.34. The van der Waals surface area contributed by atoms with Gasteiger partial charge in [-0.05, 0) is 23.6 Å². The molecule has 20 heavy (non-hydrogen) atoms. The number of esters is 2. The Morgan fingerprint density at radius 1 is 1.10 bits per heavy atom. The van der Waals surface area contributed by atoms with Crippen molar-refractivity contribution in [1.29, 1.82) is 0 Å². The van der Waals surface area contributed by atoms with Crippen LogP contribution in [0.1, 0.15) is 31.9 Å². The fourth-order valence-electron chi connectivity index (χ4n) is 1.97. The molecule has 1 fully saturated rings. The zero-order valence-corrected chi connectivity index (χ0v) is 11.7. The average Bonchev–Trinajstić information content (AvgIpc) is 2.36. The zero-order chi connectivity index (χ0) is 14.9. The molecule has 104 valence electrons. The van der Waals surface area contributed by atoms with Crippen molar-refractivity contribution in [3.63, 3.8) is 0 Å². The van der Waals surface area contributed by atoms with Gasteiger partial charge in [0.1, 0.15) is 5.57 Å². The Kier molecular flexibility index (Phi) is 3.49. The van der Waals surface area contributed by atoms with E-state index in [0.29, 0.717) is 5.57 Å². The topological polar surface area (TPSA) is 52.6 Å². The van der Waals surface area contributed by atoms with Gasteiger partial charge in [0.15, 0.2) is 0 Å². The molecule has 0 saturated carbocycles. The average molecular weight is 272 g/mol. The van der Waals surface area contributed by atoms with Crippen LogP contribution in [0.25, 0.3) is 11.6 Å². The first-order valence-corrected chi connectivity index (χ1v) is 6.24. The summed E-state index contributed by atoms with van der Waals surface area (Å²) in [5, 5.41) is 0. The van der Waals surface area contributed by atoms with Gasteiger partial charge in [0.05, 0.1) is 0 Å². The van der Waals surface area contributed by atoms with Gasteiger partial charge in [-0.1, -0.05) is 36.9 Å². The van der Waals surface area contributed by atoms with E-state index in [0.717, 1.165) is 11.1 Å². The van der Waals surface area contributed by atoms with E-state index in [1.54, 1.807) is 13.0 Å². The normalized spacial score (nSPS) is 17.2. The molecule has 1 aliphatic heterocycles. The lowest BCUT2D eigenvalue weighted by Crippen LogP contribution is -2.42. The summed E-state index contributed by atoms with van der Waals surface area (Å²) >= 11 is 0. The number of hydrogen-bond acceptors (Lipinski definition) is 4. The lowest BCUT2D eigenvalue weighted by atomic mass is 9.99. The van der Waals surface area contributed by atoms with Crippen molar-refractivity contribution >= 4 is 23.6 Å². The molecule has 0 radical (unpaired) electrons. The largest absolute Gasteiger partial charge is 0.419 e. The van der Waals surface area contributed by atoms with E-state index in [2.05, 4.69) is 6.58 Å². The molecule has 2 rings (SSSR count). The molecule has 1 aromatic rings. The molecule has 0 amide bonds. The van der Waals surface area contributed by atoms with Gasteiger partial charge in [-0.2, -0.15) is 0 Å². The quantitative estimate of drug-likeness (QED) is 0.472. The maximum atomic E-state index is 12.0. The lowest BCUT2D eigenvalue weighted by Gasteiger charge is -2.30. The van der Waals surface area contributed by atoms with Crippen LogP contribution in [0.2, 0.25) is 0 Å².